The third-order valence-electron chi connectivity index (χ3n) is 4.05. The molecule has 0 atom stereocenters. The maximum absolute atomic E-state index is 12.6. The van der Waals surface area contributed by atoms with Crippen molar-refractivity contribution in [1.29, 1.82) is 0 Å². The molecule has 3 rings (SSSR count). The van der Waals surface area contributed by atoms with Crippen molar-refractivity contribution in [1.82, 2.24) is 9.88 Å². The van der Waals surface area contributed by atoms with Crippen molar-refractivity contribution in [2.24, 2.45) is 0 Å². The monoisotopic (exact) mass is 343 g/mol. The minimum absolute atomic E-state index is 0.0224. The highest BCUT2D eigenvalue weighted by molar-refractivity contribution is 6.34. The molecule has 1 aliphatic rings. The SMILES string of the molecule is O=C(Nc1cc(C(=O)N2CCCCC2)ccc1Cl)c1ccncc1. The molecule has 5 nitrogen and oxygen atoms in total. The third-order valence-corrected chi connectivity index (χ3v) is 4.38. The van der Waals surface area contributed by atoms with Crippen LogP contribution in [0.4, 0.5) is 5.69 Å². The lowest BCUT2D eigenvalue weighted by atomic mass is 10.1. The average molecular weight is 344 g/mol. The van der Waals surface area contributed by atoms with Crippen LogP contribution < -0.4 is 5.32 Å². The van der Waals surface area contributed by atoms with Crippen LogP contribution in [0.1, 0.15) is 40.0 Å². The Morgan fingerprint density at radius 1 is 1.00 bits per heavy atom. The zero-order chi connectivity index (χ0) is 16.9. The van der Waals surface area contributed by atoms with E-state index in [1.54, 1.807) is 42.7 Å². The van der Waals surface area contributed by atoms with Crippen LogP contribution in [0, 0.1) is 0 Å². The fourth-order valence-electron chi connectivity index (χ4n) is 2.73. The predicted octanol–water partition coefficient (Wildman–Crippen LogP) is 3.61. The first-order valence-electron chi connectivity index (χ1n) is 7.95. The van der Waals surface area contributed by atoms with Gasteiger partial charge in [-0.2, -0.15) is 0 Å². The van der Waals surface area contributed by atoms with Crippen LogP contribution >= 0.6 is 11.6 Å². The van der Waals surface area contributed by atoms with Gasteiger partial charge in [0.1, 0.15) is 0 Å². The van der Waals surface area contributed by atoms with Gasteiger partial charge in [-0.05, 0) is 49.6 Å². The minimum Gasteiger partial charge on any atom is -0.339 e. The zero-order valence-electron chi connectivity index (χ0n) is 13.2. The fraction of sp³-hybridized carbons (Fsp3) is 0.278. The molecule has 0 aliphatic carbocycles. The van der Waals surface area contributed by atoms with Crippen molar-refractivity contribution in [3.8, 4) is 0 Å². The Morgan fingerprint density at radius 3 is 2.42 bits per heavy atom. The molecule has 0 saturated carbocycles. The van der Waals surface area contributed by atoms with Crippen LogP contribution in [0.25, 0.3) is 0 Å². The lowest BCUT2D eigenvalue weighted by Crippen LogP contribution is -2.35. The number of pyridine rings is 1. The molecule has 0 unspecified atom stereocenters. The number of likely N-dealkylation sites (tertiary alicyclic amines) is 1. The second-order valence-electron chi connectivity index (χ2n) is 5.74. The van der Waals surface area contributed by atoms with Crippen LogP contribution in [0.3, 0.4) is 0 Å². The van der Waals surface area contributed by atoms with Gasteiger partial charge in [0.15, 0.2) is 0 Å². The second-order valence-corrected chi connectivity index (χ2v) is 6.14. The summed E-state index contributed by atoms with van der Waals surface area (Å²) in [5.41, 5.74) is 1.45. The van der Waals surface area contributed by atoms with Crippen molar-refractivity contribution in [2.45, 2.75) is 19.3 Å². The lowest BCUT2D eigenvalue weighted by molar-refractivity contribution is 0.0724. The smallest absolute Gasteiger partial charge is 0.255 e. The summed E-state index contributed by atoms with van der Waals surface area (Å²) in [4.78, 5) is 30.6. The minimum atomic E-state index is -0.290. The van der Waals surface area contributed by atoms with Gasteiger partial charge in [0, 0.05) is 36.6 Å². The van der Waals surface area contributed by atoms with Gasteiger partial charge in [0.2, 0.25) is 0 Å². The van der Waals surface area contributed by atoms with Crippen LogP contribution in [0.15, 0.2) is 42.7 Å². The molecule has 1 aromatic carbocycles. The van der Waals surface area contributed by atoms with Crippen LogP contribution in [-0.2, 0) is 0 Å². The van der Waals surface area contributed by atoms with E-state index in [2.05, 4.69) is 10.3 Å². The number of aromatic nitrogens is 1. The van der Waals surface area contributed by atoms with Crippen LogP contribution in [0.2, 0.25) is 5.02 Å². The molecule has 1 aliphatic heterocycles. The van der Waals surface area contributed by atoms with E-state index in [1.165, 1.54) is 0 Å². The molecule has 1 saturated heterocycles. The molecular weight excluding hydrogens is 326 g/mol. The van der Waals surface area contributed by atoms with E-state index in [4.69, 9.17) is 11.6 Å². The summed E-state index contributed by atoms with van der Waals surface area (Å²) in [6.07, 6.45) is 6.33. The number of rotatable bonds is 3. The summed E-state index contributed by atoms with van der Waals surface area (Å²) in [5, 5.41) is 3.15. The lowest BCUT2D eigenvalue weighted by Gasteiger charge is -2.27. The molecule has 1 fully saturated rings. The van der Waals surface area contributed by atoms with E-state index in [0.717, 1.165) is 32.4 Å². The molecule has 2 amide bonds. The number of hydrogen-bond acceptors (Lipinski definition) is 3. The van der Waals surface area contributed by atoms with Gasteiger partial charge >= 0.3 is 0 Å². The Balaban J connectivity index is 1.78. The number of hydrogen-bond donors (Lipinski definition) is 1. The summed E-state index contributed by atoms with van der Waals surface area (Å²) in [5.74, 6) is -0.312. The number of benzene rings is 1. The van der Waals surface area contributed by atoms with Gasteiger partial charge in [-0.3, -0.25) is 14.6 Å². The van der Waals surface area contributed by atoms with Crippen molar-refractivity contribution in [2.75, 3.05) is 18.4 Å². The summed E-state index contributed by atoms with van der Waals surface area (Å²) in [7, 11) is 0. The molecule has 6 heteroatoms. The van der Waals surface area contributed by atoms with E-state index in [-0.39, 0.29) is 11.8 Å². The first kappa shape index (κ1) is 16.5. The highest BCUT2D eigenvalue weighted by atomic mass is 35.5. The summed E-state index contributed by atoms with van der Waals surface area (Å²) < 4.78 is 0. The van der Waals surface area contributed by atoms with E-state index in [1.807, 2.05) is 4.90 Å². The van der Waals surface area contributed by atoms with Crippen LogP contribution in [-0.4, -0.2) is 34.8 Å². The molecule has 1 aromatic heterocycles. The average Bonchev–Trinajstić information content (AvgIpc) is 2.64. The van der Waals surface area contributed by atoms with Gasteiger partial charge in [0.05, 0.1) is 10.7 Å². The molecular formula is C18H18ClN3O2. The molecule has 0 spiro atoms. The van der Waals surface area contributed by atoms with Crippen molar-refractivity contribution in [3.63, 3.8) is 0 Å². The number of halogens is 1. The Morgan fingerprint density at radius 2 is 1.71 bits per heavy atom. The summed E-state index contributed by atoms with van der Waals surface area (Å²) >= 11 is 6.17. The van der Waals surface area contributed by atoms with Gasteiger partial charge in [0.25, 0.3) is 11.8 Å². The molecule has 1 N–H and O–H groups in total. The number of nitrogens with zero attached hydrogens (tertiary/aromatic N) is 2. The van der Waals surface area contributed by atoms with Gasteiger partial charge in [-0.1, -0.05) is 11.6 Å². The predicted molar refractivity (Wildman–Crippen MR) is 93.4 cm³/mol. The topological polar surface area (TPSA) is 62.3 Å². The number of nitrogens with one attached hydrogen (secondary N) is 1. The molecule has 124 valence electrons. The quantitative estimate of drug-likeness (QED) is 0.926. The van der Waals surface area contributed by atoms with Crippen molar-refractivity contribution in [3.05, 3.63) is 58.9 Å². The standard InChI is InChI=1S/C18H18ClN3O2/c19-15-5-4-14(18(24)22-10-2-1-3-11-22)12-16(15)21-17(23)13-6-8-20-9-7-13/h4-9,12H,1-3,10-11H2,(H,21,23). The Hall–Kier alpha value is -2.40. The Labute approximate surface area is 145 Å². The van der Waals surface area contributed by atoms with Gasteiger partial charge in [-0.25, -0.2) is 0 Å². The summed E-state index contributed by atoms with van der Waals surface area (Å²) in [6, 6.07) is 8.21. The van der Waals surface area contributed by atoms with E-state index in [9.17, 15) is 9.59 Å². The number of anilines is 1. The highest BCUT2D eigenvalue weighted by Crippen LogP contribution is 2.25. The third kappa shape index (κ3) is 3.74. The second kappa shape index (κ2) is 7.45. The maximum Gasteiger partial charge on any atom is 0.255 e. The molecule has 2 aromatic rings. The number of piperidine rings is 1. The molecule has 0 bridgehead atoms. The zero-order valence-corrected chi connectivity index (χ0v) is 13.9. The summed E-state index contributed by atoms with van der Waals surface area (Å²) in [6.45, 7) is 1.56. The number of amides is 2. The molecule has 24 heavy (non-hydrogen) atoms. The van der Waals surface area contributed by atoms with E-state index >= 15 is 0 Å². The largest absolute Gasteiger partial charge is 0.339 e. The number of carbonyl (C=O) groups excluding carboxylic acids is 2. The van der Waals surface area contributed by atoms with Crippen molar-refractivity contribution >= 4 is 29.1 Å². The fourth-order valence-corrected chi connectivity index (χ4v) is 2.90. The van der Waals surface area contributed by atoms with E-state index < -0.39 is 0 Å². The molecule has 0 radical (unpaired) electrons. The first-order valence-corrected chi connectivity index (χ1v) is 8.33. The Kier molecular flexibility index (Phi) is 5.11. The molecule has 2 heterocycles. The number of carbonyl (C=O) groups is 2. The Bertz CT molecular complexity index is 743. The highest BCUT2D eigenvalue weighted by Gasteiger charge is 2.19. The van der Waals surface area contributed by atoms with Gasteiger partial charge in [-0.15, -0.1) is 0 Å². The first-order chi connectivity index (χ1) is 11.6. The van der Waals surface area contributed by atoms with Crippen LogP contribution in [0.5, 0.6) is 0 Å². The maximum atomic E-state index is 12.6. The normalized spacial score (nSPS) is 14.3. The van der Waals surface area contributed by atoms with Gasteiger partial charge < -0.3 is 10.2 Å². The van der Waals surface area contributed by atoms with E-state index in [0.29, 0.717) is 21.8 Å². The van der Waals surface area contributed by atoms with Crippen molar-refractivity contribution < 1.29 is 9.59 Å².